The highest BCUT2D eigenvalue weighted by Crippen LogP contribution is 2.33. The second-order valence-corrected chi connectivity index (χ2v) is 12.1. The van der Waals surface area contributed by atoms with Gasteiger partial charge in [-0.25, -0.2) is 4.99 Å². The quantitative estimate of drug-likeness (QED) is 0.0955. The number of nitrogens with one attached hydrogen (secondary N) is 3. The summed E-state index contributed by atoms with van der Waals surface area (Å²) in [5, 5.41) is 6.60. The molecule has 0 aliphatic heterocycles. The second kappa shape index (κ2) is 10.1. The van der Waals surface area contributed by atoms with Crippen LogP contribution in [0.15, 0.2) is 92.3 Å². The molecule has 0 fully saturated rings. The molecule has 2 aliphatic rings. The van der Waals surface area contributed by atoms with Crippen LogP contribution in [0.2, 0.25) is 0 Å². The molecule has 0 aromatic heterocycles. The third-order valence-corrected chi connectivity index (χ3v) is 8.22. The molecule has 12 nitrogen and oxygen atoms in total. The molecule has 208 valence electrons. The average Bonchev–Trinajstić information content (AvgIpc) is 2.91. The predicted octanol–water partition coefficient (Wildman–Crippen LogP) is 1.67. The zero-order valence-corrected chi connectivity index (χ0v) is 22.8. The molecule has 0 amide bonds. The van der Waals surface area contributed by atoms with Crippen molar-refractivity contribution in [1.82, 2.24) is 0 Å². The van der Waals surface area contributed by atoms with E-state index in [0.717, 1.165) is 6.07 Å². The minimum absolute atomic E-state index is 0.0161. The molecule has 0 radical (unpaired) electrons. The summed E-state index contributed by atoms with van der Waals surface area (Å²) in [5.41, 5.74) is 6.19. The van der Waals surface area contributed by atoms with Gasteiger partial charge in [-0.3, -0.25) is 24.1 Å². The Labute approximate surface area is 231 Å². The van der Waals surface area contributed by atoms with Gasteiger partial charge in [-0.2, -0.15) is 8.42 Å². The van der Waals surface area contributed by atoms with Crippen LogP contribution in [0.3, 0.4) is 0 Å². The fourth-order valence-electron chi connectivity index (χ4n) is 4.44. The molecule has 0 atom stereocenters. The average molecular weight is 593 g/mol. The molecule has 14 heteroatoms. The Morgan fingerprint density at radius 3 is 2.02 bits per heavy atom. The van der Waals surface area contributed by atoms with Gasteiger partial charge in [0.15, 0.2) is 10.9 Å². The van der Waals surface area contributed by atoms with Crippen LogP contribution in [-0.4, -0.2) is 22.8 Å². The fraction of sp³-hybridized carbons (Fsp3) is 0.0370. The number of aryl methyl sites for hydroxylation is 1. The summed E-state index contributed by atoms with van der Waals surface area (Å²) >= 11 is 0. The Hall–Kier alpha value is -4.52. The van der Waals surface area contributed by atoms with Crippen LogP contribution in [0.5, 0.6) is 0 Å². The second-order valence-electron chi connectivity index (χ2n) is 9.16. The molecule has 0 unspecified atom stereocenters. The topological polar surface area (TPSA) is 206 Å². The van der Waals surface area contributed by atoms with Crippen LogP contribution in [0.1, 0.15) is 5.56 Å². The Morgan fingerprint density at radius 1 is 0.829 bits per heavy atom. The van der Waals surface area contributed by atoms with Gasteiger partial charge in [0.1, 0.15) is 4.90 Å². The standard InChI is InChI=1S/C27H21N4O8PS/c1-14-11-16(31-30-15-5-4-6-17(12-15)40(34,35)36)9-10-20(14)29-21-13-22(41(37,38)39)25(28)24-23(21)26(32)18-7-2-3-8-19(18)27(24)33/h2-13,28,30-31H,1H3,(H2,34,35,36)(H,37,38,39). The molecule has 3 aromatic rings. The Bertz CT molecular complexity index is 2330. The first kappa shape index (κ1) is 28.0. The van der Waals surface area contributed by atoms with E-state index in [4.69, 9.17) is 5.41 Å². The number of fused-ring (bicyclic) bond motifs is 1. The van der Waals surface area contributed by atoms with E-state index in [-0.39, 0.29) is 26.7 Å². The van der Waals surface area contributed by atoms with Crippen molar-refractivity contribution in [1.29, 1.82) is 5.41 Å². The molecule has 0 heterocycles. The van der Waals surface area contributed by atoms with E-state index in [0.29, 0.717) is 22.6 Å². The SMILES string of the molecule is Cc1cc(NNc2cccc(P(=O)(O)O)c2)ccc1N=c1cc(S(=O)(=O)O)c(=N)c2c(=O)c3ccccc3c(=O)c1=2. The van der Waals surface area contributed by atoms with Crippen LogP contribution in [0.4, 0.5) is 17.1 Å². The third-order valence-electron chi connectivity index (χ3n) is 6.39. The largest absolute Gasteiger partial charge is 0.356 e. The maximum atomic E-state index is 13.4. The molecular formula is C27H21N4O8PS. The lowest BCUT2D eigenvalue weighted by atomic mass is 10.0. The van der Waals surface area contributed by atoms with Crippen molar-refractivity contribution < 1.29 is 27.3 Å². The Kier molecular flexibility index (Phi) is 6.93. The first-order chi connectivity index (χ1) is 19.3. The monoisotopic (exact) mass is 592 g/mol. The van der Waals surface area contributed by atoms with Gasteiger partial charge in [-0.15, -0.1) is 0 Å². The van der Waals surface area contributed by atoms with E-state index >= 15 is 0 Å². The molecule has 6 N–H and O–H groups in total. The predicted molar refractivity (Wildman–Crippen MR) is 152 cm³/mol. The highest BCUT2D eigenvalue weighted by atomic mass is 32.2. The Balaban J connectivity index is 1.66. The fourth-order valence-corrected chi connectivity index (χ4v) is 5.65. The summed E-state index contributed by atoms with van der Waals surface area (Å²) in [6.45, 7) is 1.69. The van der Waals surface area contributed by atoms with E-state index in [1.807, 2.05) is 0 Å². The van der Waals surface area contributed by atoms with E-state index in [2.05, 4.69) is 15.8 Å². The first-order valence-electron chi connectivity index (χ1n) is 11.8. The maximum Gasteiger partial charge on any atom is 0.356 e. The van der Waals surface area contributed by atoms with Gasteiger partial charge in [0.2, 0.25) is 0 Å². The van der Waals surface area contributed by atoms with E-state index in [1.165, 1.54) is 30.3 Å². The summed E-state index contributed by atoms with van der Waals surface area (Å²) in [5.74, 6) is 0. The van der Waals surface area contributed by atoms with Crippen molar-refractivity contribution in [2.45, 2.75) is 11.8 Å². The highest BCUT2D eigenvalue weighted by Gasteiger charge is 2.19. The summed E-state index contributed by atoms with van der Waals surface area (Å²) in [6, 6.07) is 17.4. The maximum absolute atomic E-state index is 13.4. The number of anilines is 2. The van der Waals surface area contributed by atoms with Crippen LogP contribution >= 0.6 is 7.60 Å². The lowest BCUT2D eigenvalue weighted by Crippen LogP contribution is -2.32. The zero-order chi connectivity index (χ0) is 29.7. The molecule has 0 saturated heterocycles. The number of benzene rings is 3. The van der Waals surface area contributed by atoms with Gasteiger partial charge in [-0.1, -0.05) is 30.3 Å². The van der Waals surface area contributed by atoms with Gasteiger partial charge in [0.25, 0.3) is 10.1 Å². The normalized spacial score (nSPS) is 12.6. The molecule has 41 heavy (non-hydrogen) atoms. The highest BCUT2D eigenvalue weighted by molar-refractivity contribution is 7.85. The number of hydrogen-bond acceptors (Lipinski definition) is 9. The smallest absolute Gasteiger partial charge is 0.321 e. The summed E-state index contributed by atoms with van der Waals surface area (Å²) < 4.78 is 45.5. The van der Waals surface area contributed by atoms with E-state index < -0.39 is 44.0 Å². The summed E-state index contributed by atoms with van der Waals surface area (Å²) in [7, 11) is -9.37. The zero-order valence-electron chi connectivity index (χ0n) is 21.1. The molecule has 3 aromatic carbocycles. The third kappa shape index (κ3) is 5.32. The van der Waals surface area contributed by atoms with Crippen molar-refractivity contribution in [3.63, 3.8) is 0 Å². The number of nitrogens with zero attached hydrogens (tertiary/aromatic N) is 1. The van der Waals surface area contributed by atoms with Crippen molar-refractivity contribution >= 4 is 50.9 Å². The van der Waals surface area contributed by atoms with Crippen LogP contribution in [-0.2, 0) is 14.7 Å². The first-order valence-corrected chi connectivity index (χ1v) is 14.9. The van der Waals surface area contributed by atoms with Crippen molar-refractivity contribution in [2.75, 3.05) is 10.9 Å². The van der Waals surface area contributed by atoms with Crippen LogP contribution in [0.25, 0.3) is 10.8 Å². The lowest BCUT2D eigenvalue weighted by Gasteiger charge is -2.12. The van der Waals surface area contributed by atoms with E-state index in [9.17, 15) is 36.9 Å². The van der Waals surface area contributed by atoms with Crippen LogP contribution < -0.4 is 37.7 Å². The number of hydrazine groups is 1. The Morgan fingerprint density at radius 2 is 1.44 bits per heavy atom. The van der Waals surface area contributed by atoms with E-state index in [1.54, 1.807) is 43.3 Å². The molecule has 0 saturated carbocycles. The molecule has 2 aliphatic carbocycles. The lowest BCUT2D eigenvalue weighted by molar-refractivity contribution is 0.387. The summed E-state index contributed by atoms with van der Waals surface area (Å²) in [4.78, 5) is 49.1. The van der Waals surface area contributed by atoms with Gasteiger partial charge >= 0.3 is 7.60 Å². The van der Waals surface area contributed by atoms with Crippen molar-refractivity contribution in [3.8, 4) is 0 Å². The van der Waals surface area contributed by atoms with Gasteiger partial charge < -0.3 is 20.6 Å². The van der Waals surface area contributed by atoms with Gasteiger partial charge in [-0.05, 0) is 55.0 Å². The molecular weight excluding hydrogens is 571 g/mol. The molecule has 0 spiro atoms. The minimum atomic E-state index is -4.94. The van der Waals surface area contributed by atoms with Crippen molar-refractivity contribution in [3.05, 3.63) is 120 Å². The van der Waals surface area contributed by atoms with Gasteiger partial charge in [0, 0.05) is 10.8 Å². The van der Waals surface area contributed by atoms with Gasteiger partial charge in [0.05, 0.1) is 43.5 Å². The number of rotatable bonds is 6. The van der Waals surface area contributed by atoms with Crippen molar-refractivity contribution in [2.24, 2.45) is 4.99 Å². The molecule has 0 bridgehead atoms. The summed E-state index contributed by atoms with van der Waals surface area (Å²) in [6.07, 6.45) is 0. The minimum Gasteiger partial charge on any atom is -0.321 e. The molecule has 5 rings (SSSR count). The van der Waals surface area contributed by atoms with Crippen LogP contribution in [0, 0.1) is 22.8 Å². The number of hydrogen-bond donors (Lipinski definition) is 6.